The number of hydrogen-bond donors (Lipinski definition) is 0. The van der Waals surface area contributed by atoms with E-state index in [9.17, 15) is 13.2 Å². The second-order valence-corrected chi connectivity index (χ2v) is 5.86. The van der Waals surface area contributed by atoms with E-state index in [0.29, 0.717) is 0 Å². The molecule has 0 amide bonds. The first kappa shape index (κ1) is 10.5. The average molecular weight is 225 g/mol. The molecule has 0 aliphatic heterocycles. The summed E-state index contributed by atoms with van der Waals surface area (Å²) < 4.78 is 18.6. The molecule has 1 unspecified atom stereocenters. The van der Waals surface area contributed by atoms with E-state index in [0.717, 1.165) is 6.92 Å². The van der Waals surface area contributed by atoms with Crippen LogP contribution in [0.15, 0.2) is 0 Å². The summed E-state index contributed by atoms with van der Waals surface area (Å²) >= 11 is 9.97. The highest BCUT2D eigenvalue weighted by Gasteiger charge is 2.42. The molecule has 0 fully saturated rings. The van der Waals surface area contributed by atoms with Crippen LogP contribution >= 0.6 is 33.9 Å². The summed E-state index contributed by atoms with van der Waals surface area (Å²) in [6.07, 6.45) is 0. The Hall–Kier alpha value is 0.490. The molecule has 60 valence electrons. The van der Waals surface area contributed by atoms with Crippen LogP contribution in [-0.4, -0.2) is 17.9 Å². The van der Waals surface area contributed by atoms with Crippen LogP contribution < -0.4 is 0 Å². The molecule has 0 bridgehead atoms. The lowest BCUT2D eigenvalue weighted by atomic mass is 10.5. The molecule has 0 aliphatic rings. The topological polar surface area (TPSA) is 51.2 Å². The van der Waals surface area contributed by atoms with Gasteiger partial charge in [-0.15, -0.1) is 0 Å². The van der Waals surface area contributed by atoms with Crippen molar-refractivity contribution < 1.29 is 13.2 Å². The first-order valence-corrected chi connectivity index (χ1v) is 5.09. The maximum absolute atomic E-state index is 10.4. The molecule has 0 aromatic rings. The first-order chi connectivity index (χ1) is 4.19. The zero-order valence-corrected chi connectivity index (χ0v) is 7.85. The molecule has 0 heterocycles. The Morgan fingerprint density at radius 2 is 1.80 bits per heavy atom. The number of halogens is 3. The van der Waals surface area contributed by atoms with Crippen molar-refractivity contribution in [2.75, 3.05) is 0 Å². The average Bonchev–Trinajstić information content (AvgIpc) is 1.62. The lowest BCUT2D eigenvalue weighted by Gasteiger charge is -2.10. The molecule has 0 radical (unpaired) electrons. The summed E-state index contributed by atoms with van der Waals surface area (Å²) in [7, 11) is 0.609. The standard InChI is InChI=1S/C3H3Cl3O3S/c1-3(5,2(4)7)10(6,8)9/h1H3. The fourth-order valence-corrected chi connectivity index (χ4v) is 0.921. The van der Waals surface area contributed by atoms with E-state index in [-0.39, 0.29) is 0 Å². The van der Waals surface area contributed by atoms with Crippen molar-refractivity contribution in [3.05, 3.63) is 0 Å². The predicted octanol–water partition coefficient (Wildman–Crippen LogP) is 1.28. The molecule has 0 rings (SSSR count). The van der Waals surface area contributed by atoms with Crippen LogP contribution in [-0.2, 0) is 13.8 Å². The van der Waals surface area contributed by atoms with Crippen molar-refractivity contribution in [3.8, 4) is 0 Å². The van der Waals surface area contributed by atoms with Gasteiger partial charge in [0, 0.05) is 10.7 Å². The molecule has 0 aromatic carbocycles. The van der Waals surface area contributed by atoms with Gasteiger partial charge in [-0.2, -0.15) is 0 Å². The Morgan fingerprint density at radius 3 is 1.80 bits per heavy atom. The van der Waals surface area contributed by atoms with Crippen LogP contribution in [0.1, 0.15) is 6.92 Å². The zero-order chi connectivity index (χ0) is 8.58. The highest BCUT2D eigenvalue weighted by atomic mass is 35.7. The van der Waals surface area contributed by atoms with E-state index in [1.807, 2.05) is 0 Å². The van der Waals surface area contributed by atoms with Crippen LogP contribution in [0.25, 0.3) is 0 Å². The Balaban J connectivity index is 4.95. The van der Waals surface area contributed by atoms with E-state index in [1.165, 1.54) is 0 Å². The molecule has 10 heavy (non-hydrogen) atoms. The molecule has 0 aliphatic carbocycles. The Kier molecular flexibility index (Phi) is 2.99. The largest absolute Gasteiger partial charge is 0.278 e. The zero-order valence-electron chi connectivity index (χ0n) is 4.77. The minimum Gasteiger partial charge on any atom is -0.278 e. The highest BCUT2D eigenvalue weighted by Crippen LogP contribution is 2.28. The van der Waals surface area contributed by atoms with Crippen molar-refractivity contribution in [1.82, 2.24) is 0 Å². The van der Waals surface area contributed by atoms with Crippen LogP contribution in [0, 0.1) is 0 Å². The van der Waals surface area contributed by atoms with Gasteiger partial charge in [0.15, 0.2) is 0 Å². The van der Waals surface area contributed by atoms with Gasteiger partial charge in [0.05, 0.1) is 0 Å². The SMILES string of the molecule is CC(Cl)(C(=O)Cl)S(=O)(=O)Cl. The molecule has 0 spiro atoms. The fraction of sp³-hybridized carbons (Fsp3) is 0.667. The third-order valence-electron chi connectivity index (χ3n) is 0.809. The minimum absolute atomic E-state index is 0.909. The van der Waals surface area contributed by atoms with E-state index < -0.39 is 18.5 Å². The van der Waals surface area contributed by atoms with Crippen molar-refractivity contribution in [2.45, 2.75) is 11.1 Å². The van der Waals surface area contributed by atoms with Crippen LogP contribution in [0.5, 0.6) is 0 Å². The van der Waals surface area contributed by atoms with Crippen molar-refractivity contribution >= 4 is 48.2 Å². The second-order valence-electron chi connectivity index (χ2n) is 1.63. The van der Waals surface area contributed by atoms with Gasteiger partial charge < -0.3 is 0 Å². The Morgan fingerprint density at radius 1 is 1.50 bits per heavy atom. The highest BCUT2D eigenvalue weighted by molar-refractivity contribution is 8.16. The van der Waals surface area contributed by atoms with E-state index >= 15 is 0 Å². The summed E-state index contributed by atoms with van der Waals surface area (Å²) in [5.41, 5.74) is 0. The maximum Gasteiger partial charge on any atom is 0.260 e. The van der Waals surface area contributed by atoms with Crippen LogP contribution in [0.2, 0.25) is 0 Å². The molecule has 0 N–H and O–H groups in total. The minimum atomic E-state index is -4.15. The quantitative estimate of drug-likeness (QED) is 0.525. The number of rotatable bonds is 2. The van der Waals surface area contributed by atoms with Crippen LogP contribution in [0.3, 0.4) is 0 Å². The smallest absolute Gasteiger partial charge is 0.260 e. The Labute approximate surface area is 72.7 Å². The number of carbonyl (C=O) groups is 1. The molecular formula is C3H3Cl3O3S. The molecule has 0 saturated heterocycles. The van der Waals surface area contributed by atoms with Gasteiger partial charge in [0.2, 0.25) is 4.21 Å². The molecular weight excluding hydrogens is 222 g/mol. The lowest BCUT2D eigenvalue weighted by molar-refractivity contribution is -0.111. The molecule has 0 aromatic heterocycles. The fourth-order valence-electron chi connectivity index (χ4n) is 0.0958. The normalized spacial score (nSPS) is 18.0. The van der Waals surface area contributed by atoms with Gasteiger partial charge >= 0.3 is 0 Å². The van der Waals surface area contributed by atoms with Gasteiger partial charge in [-0.05, 0) is 18.5 Å². The first-order valence-electron chi connectivity index (χ1n) is 2.02. The van der Waals surface area contributed by atoms with Gasteiger partial charge in [-0.1, -0.05) is 11.6 Å². The number of hydrogen-bond acceptors (Lipinski definition) is 3. The van der Waals surface area contributed by atoms with Crippen LogP contribution in [0.4, 0.5) is 0 Å². The molecule has 7 heteroatoms. The van der Waals surface area contributed by atoms with Gasteiger partial charge in [-0.3, -0.25) is 4.79 Å². The second kappa shape index (κ2) is 2.85. The van der Waals surface area contributed by atoms with E-state index in [4.69, 9.17) is 33.9 Å². The molecule has 3 nitrogen and oxygen atoms in total. The van der Waals surface area contributed by atoms with Crippen molar-refractivity contribution in [2.24, 2.45) is 0 Å². The Bertz CT molecular complexity index is 242. The number of alkyl halides is 1. The summed E-state index contributed by atoms with van der Waals surface area (Å²) in [4.78, 5) is 10.3. The lowest BCUT2D eigenvalue weighted by Crippen LogP contribution is -2.31. The van der Waals surface area contributed by atoms with Crippen molar-refractivity contribution in [3.63, 3.8) is 0 Å². The maximum atomic E-state index is 10.4. The summed E-state index contributed by atoms with van der Waals surface area (Å²) in [5, 5.41) is -1.22. The molecule has 0 saturated carbocycles. The number of carbonyl (C=O) groups excluding carboxylic acids is 1. The van der Waals surface area contributed by atoms with E-state index in [2.05, 4.69) is 0 Å². The third-order valence-corrected chi connectivity index (χ3v) is 4.44. The van der Waals surface area contributed by atoms with Gasteiger partial charge in [0.1, 0.15) is 0 Å². The van der Waals surface area contributed by atoms with Gasteiger partial charge in [0.25, 0.3) is 14.3 Å². The van der Waals surface area contributed by atoms with Crippen molar-refractivity contribution in [1.29, 1.82) is 0 Å². The third kappa shape index (κ3) is 1.99. The summed E-state index contributed by atoms with van der Waals surface area (Å²) in [6.45, 7) is 0.909. The summed E-state index contributed by atoms with van der Waals surface area (Å²) in [5.74, 6) is 0. The molecule has 1 atom stereocenters. The van der Waals surface area contributed by atoms with Gasteiger partial charge in [-0.25, -0.2) is 8.42 Å². The monoisotopic (exact) mass is 224 g/mol. The predicted molar refractivity (Wildman–Crippen MR) is 39.9 cm³/mol. The summed E-state index contributed by atoms with van der Waals surface area (Å²) in [6, 6.07) is 0. The van der Waals surface area contributed by atoms with E-state index in [1.54, 1.807) is 0 Å².